The lowest BCUT2D eigenvalue weighted by Gasteiger charge is -2.29. The lowest BCUT2D eigenvalue weighted by atomic mass is 9.76. The Hall–Kier alpha value is 0.140. The Labute approximate surface area is 130 Å². The largest absolute Gasteiger partial charge is 0.309 e. The van der Waals surface area contributed by atoms with Crippen LogP contribution >= 0.6 is 27.3 Å². The molecule has 1 saturated carbocycles. The van der Waals surface area contributed by atoms with Crippen LogP contribution in [-0.2, 0) is 6.54 Å². The van der Waals surface area contributed by atoms with Crippen LogP contribution in [-0.4, -0.2) is 6.04 Å². The molecule has 0 saturated heterocycles. The Balaban J connectivity index is 1.80. The van der Waals surface area contributed by atoms with Crippen molar-refractivity contribution >= 4 is 27.3 Å². The van der Waals surface area contributed by atoms with E-state index in [9.17, 15) is 0 Å². The van der Waals surface area contributed by atoms with Crippen molar-refractivity contribution in [2.24, 2.45) is 11.3 Å². The van der Waals surface area contributed by atoms with Gasteiger partial charge in [-0.2, -0.15) is 0 Å². The number of rotatable bonds is 3. The van der Waals surface area contributed by atoms with Crippen LogP contribution in [0.2, 0.25) is 0 Å². The summed E-state index contributed by atoms with van der Waals surface area (Å²) in [6, 6.07) is 5.08. The molecule has 0 aromatic carbocycles. The second kappa shape index (κ2) is 6.73. The summed E-state index contributed by atoms with van der Waals surface area (Å²) in [4.78, 5) is 1.43. The molecule has 1 aromatic heterocycles. The van der Waals surface area contributed by atoms with E-state index in [1.165, 1.54) is 40.8 Å². The molecule has 2 atom stereocenters. The minimum Gasteiger partial charge on any atom is -0.309 e. The maximum absolute atomic E-state index is 3.75. The highest BCUT2D eigenvalue weighted by molar-refractivity contribution is 9.11. The predicted molar refractivity (Wildman–Crippen MR) is 88.7 cm³/mol. The molecule has 0 amide bonds. The molecule has 1 heterocycles. The molecule has 0 spiro atoms. The van der Waals surface area contributed by atoms with E-state index >= 15 is 0 Å². The zero-order valence-electron chi connectivity index (χ0n) is 12.3. The first-order valence-corrected chi connectivity index (χ1v) is 9.03. The highest BCUT2D eigenvalue weighted by Gasteiger charge is 2.27. The maximum Gasteiger partial charge on any atom is 0.0701 e. The summed E-state index contributed by atoms with van der Waals surface area (Å²) in [6.45, 7) is 8.22. The summed E-state index contributed by atoms with van der Waals surface area (Å²) in [7, 11) is 0. The van der Waals surface area contributed by atoms with Gasteiger partial charge in [-0.25, -0.2) is 0 Å². The molecule has 0 radical (unpaired) electrons. The summed E-state index contributed by atoms with van der Waals surface area (Å²) in [5, 5.41) is 3.75. The average molecular weight is 344 g/mol. The highest BCUT2D eigenvalue weighted by Crippen LogP contribution is 2.36. The number of hydrogen-bond donors (Lipinski definition) is 1. The van der Waals surface area contributed by atoms with E-state index in [0.29, 0.717) is 11.5 Å². The molecule has 1 nitrogen and oxygen atoms in total. The molecule has 0 bridgehead atoms. The third-order valence-electron chi connectivity index (χ3n) is 4.39. The fourth-order valence-corrected chi connectivity index (χ4v) is 4.50. The Kier molecular flexibility index (Phi) is 5.50. The first-order valence-electron chi connectivity index (χ1n) is 7.43. The number of thiophene rings is 1. The van der Waals surface area contributed by atoms with Gasteiger partial charge in [-0.05, 0) is 65.1 Å². The summed E-state index contributed by atoms with van der Waals surface area (Å²) in [6.07, 6.45) is 6.86. The van der Waals surface area contributed by atoms with Crippen LogP contribution in [0.15, 0.2) is 15.9 Å². The van der Waals surface area contributed by atoms with Gasteiger partial charge < -0.3 is 5.32 Å². The van der Waals surface area contributed by atoms with Crippen LogP contribution < -0.4 is 5.32 Å². The molecule has 1 aliphatic rings. The van der Waals surface area contributed by atoms with Crippen LogP contribution in [0.1, 0.15) is 57.8 Å². The van der Waals surface area contributed by atoms with Crippen LogP contribution in [0.3, 0.4) is 0 Å². The van der Waals surface area contributed by atoms with Crippen molar-refractivity contribution in [1.82, 2.24) is 5.32 Å². The van der Waals surface area contributed by atoms with Crippen molar-refractivity contribution in [3.05, 3.63) is 20.8 Å². The van der Waals surface area contributed by atoms with E-state index in [1.54, 1.807) is 0 Å². The molecule has 1 N–H and O–H groups in total. The van der Waals surface area contributed by atoms with Crippen LogP contribution in [0.4, 0.5) is 0 Å². The van der Waals surface area contributed by atoms with Crippen molar-refractivity contribution < 1.29 is 0 Å². The zero-order chi connectivity index (χ0) is 13.9. The minimum absolute atomic E-state index is 0.480. The molecular weight excluding hydrogens is 318 g/mol. The Morgan fingerprint density at radius 2 is 2.00 bits per heavy atom. The Morgan fingerprint density at radius 3 is 2.63 bits per heavy atom. The lowest BCUT2D eigenvalue weighted by molar-refractivity contribution is 0.213. The van der Waals surface area contributed by atoms with Gasteiger partial charge in [0.15, 0.2) is 0 Å². The third kappa shape index (κ3) is 4.87. The standard InChI is InChI=1S/C16H26BrNS/c1-16(2,3)12-5-4-6-13(8-7-12)18-11-14-9-10-15(17)19-14/h9-10,12-13,18H,4-8,11H2,1-3H3. The van der Waals surface area contributed by atoms with Gasteiger partial charge in [-0.15, -0.1) is 11.3 Å². The monoisotopic (exact) mass is 343 g/mol. The molecule has 1 aromatic rings. The van der Waals surface area contributed by atoms with Gasteiger partial charge in [-0.1, -0.05) is 27.2 Å². The quantitative estimate of drug-likeness (QED) is 0.704. The fourth-order valence-electron chi connectivity index (χ4n) is 3.06. The van der Waals surface area contributed by atoms with Gasteiger partial charge in [0.25, 0.3) is 0 Å². The summed E-state index contributed by atoms with van der Waals surface area (Å²) in [5.41, 5.74) is 0.480. The zero-order valence-corrected chi connectivity index (χ0v) is 14.7. The minimum atomic E-state index is 0.480. The summed E-state index contributed by atoms with van der Waals surface area (Å²) < 4.78 is 1.23. The molecule has 108 valence electrons. The molecular formula is C16H26BrNS. The van der Waals surface area contributed by atoms with Gasteiger partial charge in [0.2, 0.25) is 0 Å². The van der Waals surface area contributed by atoms with Gasteiger partial charge >= 0.3 is 0 Å². The van der Waals surface area contributed by atoms with Crippen LogP contribution in [0, 0.1) is 11.3 Å². The first-order chi connectivity index (χ1) is 8.95. The molecule has 19 heavy (non-hydrogen) atoms. The van der Waals surface area contributed by atoms with E-state index in [-0.39, 0.29) is 0 Å². The van der Waals surface area contributed by atoms with Gasteiger partial charge in [0, 0.05) is 17.5 Å². The smallest absolute Gasteiger partial charge is 0.0701 e. The number of hydrogen-bond acceptors (Lipinski definition) is 2. The van der Waals surface area contributed by atoms with Crippen LogP contribution in [0.25, 0.3) is 0 Å². The molecule has 2 rings (SSSR count). The highest BCUT2D eigenvalue weighted by atomic mass is 79.9. The second-order valence-electron chi connectivity index (χ2n) is 6.85. The Bertz CT molecular complexity index is 394. The topological polar surface area (TPSA) is 12.0 Å². The second-order valence-corrected chi connectivity index (χ2v) is 9.40. The van der Waals surface area contributed by atoms with Crippen molar-refractivity contribution in [2.45, 2.75) is 65.5 Å². The molecule has 1 aliphatic carbocycles. The molecule has 0 aliphatic heterocycles. The maximum atomic E-state index is 3.75. The van der Waals surface area contributed by atoms with E-state index in [2.05, 4.69) is 54.2 Å². The lowest BCUT2D eigenvalue weighted by Crippen LogP contribution is -2.28. The van der Waals surface area contributed by atoms with Crippen molar-refractivity contribution in [3.8, 4) is 0 Å². The summed E-state index contributed by atoms with van der Waals surface area (Å²) >= 11 is 5.37. The number of nitrogens with one attached hydrogen (secondary N) is 1. The van der Waals surface area contributed by atoms with Crippen molar-refractivity contribution in [3.63, 3.8) is 0 Å². The summed E-state index contributed by atoms with van der Waals surface area (Å²) in [5.74, 6) is 0.898. The average Bonchev–Trinajstić information content (AvgIpc) is 2.61. The molecule has 1 fully saturated rings. The van der Waals surface area contributed by atoms with E-state index in [1.807, 2.05) is 11.3 Å². The third-order valence-corrected chi connectivity index (χ3v) is 6.01. The molecule has 3 heteroatoms. The van der Waals surface area contributed by atoms with Crippen molar-refractivity contribution in [2.75, 3.05) is 0 Å². The molecule has 2 unspecified atom stereocenters. The van der Waals surface area contributed by atoms with E-state index < -0.39 is 0 Å². The fraction of sp³-hybridized carbons (Fsp3) is 0.750. The SMILES string of the molecule is CC(C)(C)C1CCCC(NCc2ccc(Br)s2)CC1. The van der Waals surface area contributed by atoms with E-state index in [0.717, 1.165) is 12.5 Å². The van der Waals surface area contributed by atoms with Crippen molar-refractivity contribution in [1.29, 1.82) is 0 Å². The van der Waals surface area contributed by atoms with Crippen LogP contribution in [0.5, 0.6) is 0 Å². The predicted octanol–water partition coefficient (Wildman–Crippen LogP) is 5.60. The van der Waals surface area contributed by atoms with E-state index in [4.69, 9.17) is 0 Å². The van der Waals surface area contributed by atoms with Gasteiger partial charge in [-0.3, -0.25) is 0 Å². The number of halogens is 1. The first kappa shape index (κ1) is 15.5. The Morgan fingerprint density at radius 1 is 1.21 bits per heavy atom. The normalized spacial score (nSPS) is 25.3. The van der Waals surface area contributed by atoms with Gasteiger partial charge in [0.1, 0.15) is 0 Å². The van der Waals surface area contributed by atoms with Gasteiger partial charge in [0.05, 0.1) is 3.79 Å².